The van der Waals surface area contributed by atoms with Crippen LogP contribution in [0.1, 0.15) is 24.1 Å². The van der Waals surface area contributed by atoms with Crippen LogP contribution >= 0.6 is 11.6 Å². The van der Waals surface area contributed by atoms with Crippen LogP contribution in [0.25, 0.3) is 0 Å². The molecule has 0 aromatic heterocycles. The van der Waals surface area contributed by atoms with Gasteiger partial charge in [0.1, 0.15) is 18.2 Å². The summed E-state index contributed by atoms with van der Waals surface area (Å²) in [5.74, 6) is 0.264. The number of hydrogen-bond acceptors (Lipinski definition) is 2. The SMILES string of the molecule is C[C@@H](N)c1ccc(OCc2cccc(F)c2Cl)cc1. The van der Waals surface area contributed by atoms with Crippen LogP contribution in [0.2, 0.25) is 5.02 Å². The predicted molar refractivity (Wildman–Crippen MR) is 74.8 cm³/mol. The number of benzene rings is 2. The molecule has 0 bridgehead atoms. The average molecular weight is 280 g/mol. The van der Waals surface area contributed by atoms with Crippen LogP contribution in [0, 0.1) is 5.82 Å². The van der Waals surface area contributed by atoms with Gasteiger partial charge in [-0.05, 0) is 30.7 Å². The lowest BCUT2D eigenvalue weighted by atomic mass is 10.1. The van der Waals surface area contributed by atoms with E-state index in [9.17, 15) is 4.39 Å². The van der Waals surface area contributed by atoms with Gasteiger partial charge in [0.2, 0.25) is 0 Å². The van der Waals surface area contributed by atoms with Crippen molar-refractivity contribution in [1.82, 2.24) is 0 Å². The van der Waals surface area contributed by atoms with E-state index in [1.165, 1.54) is 6.07 Å². The highest BCUT2D eigenvalue weighted by Crippen LogP contribution is 2.22. The van der Waals surface area contributed by atoms with Crippen LogP contribution in [0.4, 0.5) is 4.39 Å². The average Bonchev–Trinajstić information content (AvgIpc) is 2.41. The van der Waals surface area contributed by atoms with Crippen LogP contribution < -0.4 is 10.5 Å². The summed E-state index contributed by atoms with van der Waals surface area (Å²) >= 11 is 5.85. The van der Waals surface area contributed by atoms with Gasteiger partial charge >= 0.3 is 0 Å². The molecule has 0 fully saturated rings. The molecule has 0 aliphatic heterocycles. The molecule has 2 N–H and O–H groups in total. The Hall–Kier alpha value is -1.58. The highest BCUT2D eigenvalue weighted by atomic mass is 35.5. The Morgan fingerprint density at radius 2 is 1.89 bits per heavy atom. The van der Waals surface area contributed by atoms with E-state index in [-0.39, 0.29) is 17.7 Å². The van der Waals surface area contributed by atoms with Crippen molar-refractivity contribution < 1.29 is 9.13 Å². The third kappa shape index (κ3) is 3.46. The second kappa shape index (κ2) is 6.04. The van der Waals surface area contributed by atoms with Crippen molar-refractivity contribution in [3.8, 4) is 5.75 Å². The first-order chi connectivity index (χ1) is 9.08. The van der Waals surface area contributed by atoms with E-state index in [4.69, 9.17) is 22.1 Å². The summed E-state index contributed by atoms with van der Waals surface area (Å²) < 4.78 is 18.8. The molecule has 0 radical (unpaired) electrons. The second-order valence-electron chi connectivity index (χ2n) is 4.36. The van der Waals surface area contributed by atoms with E-state index in [1.54, 1.807) is 12.1 Å². The molecule has 2 aromatic carbocycles. The molecule has 2 nitrogen and oxygen atoms in total. The van der Waals surface area contributed by atoms with Gasteiger partial charge in [0.15, 0.2) is 0 Å². The minimum atomic E-state index is -0.435. The van der Waals surface area contributed by atoms with Crippen molar-refractivity contribution in [2.75, 3.05) is 0 Å². The smallest absolute Gasteiger partial charge is 0.142 e. The minimum absolute atomic E-state index is 0.00767. The van der Waals surface area contributed by atoms with Crippen molar-refractivity contribution in [2.24, 2.45) is 5.73 Å². The van der Waals surface area contributed by atoms with Gasteiger partial charge in [-0.2, -0.15) is 0 Å². The standard InChI is InChI=1S/C15H15ClFNO/c1-10(18)11-5-7-13(8-6-11)19-9-12-3-2-4-14(17)15(12)16/h2-8,10H,9,18H2,1H3/t10-/m1/s1. The van der Waals surface area contributed by atoms with E-state index in [0.717, 1.165) is 5.56 Å². The summed E-state index contributed by atoms with van der Waals surface area (Å²) in [4.78, 5) is 0. The summed E-state index contributed by atoms with van der Waals surface area (Å²) in [5.41, 5.74) is 7.43. The molecule has 0 spiro atoms. The lowest BCUT2D eigenvalue weighted by Gasteiger charge is -2.10. The maximum Gasteiger partial charge on any atom is 0.142 e. The Bertz CT molecular complexity index is 555. The summed E-state index contributed by atoms with van der Waals surface area (Å²) in [5, 5.41) is 0.106. The molecular formula is C15H15ClFNO. The van der Waals surface area contributed by atoms with E-state index >= 15 is 0 Å². The first kappa shape index (κ1) is 13.8. The van der Waals surface area contributed by atoms with E-state index < -0.39 is 5.82 Å². The van der Waals surface area contributed by atoms with Crippen molar-refractivity contribution in [3.05, 3.63) is 64.4 Å². The van der Waals surface area contributed by atoms with Crippen molar-refractivity contribution in [3.63, 3.8) is 0 Å². The number of hydrogen-bond donors (Lipinski definition) is 1. The molecule has 0 amide bonds. The first-order valence-corrected chi connectivity index (χ1v) is 6.37. The Morgan fingerprint density at radius 3 is 2.53 bits per heavy atom. The first-order valence-electron chi connectivity index (χ1n) is 5.99. The molecule has 2 rings (SSSR count). The highest BCUT2D eigenvalue weighted by molar-refractivity contribution is 6.31. The zero-order valence-corrected chi connectivity index (χ0v) is 11.3. The molecule has 1 atom stereocenters. The van der Waals surface area contributed by atoms with Crippen LogP contribution in [0.5, 0.6) is 5.75 Å². The molecule has 2 aromatic rings. The van der Waals surface area contributed by atoms with Crippen LogP contribution in [-0.2, 0) is 6.61 Å². The van der Waals surface area contributed by atoms with E-state index in [1.807, 2.05) is 31.2 Å². The largest absolute Gasteiger partial charge is 0.489 e. The quantitative estimate of drug-likeness (QED) is 0.915. The fourth-order valence-electron chi connectivity index (χ4n) is 1.69. The summed E-state index contributed by atoms with van der Waals surface area (Å²) in [6, 6.07) is 12.2. The Morgan fingerprint density at radius 1 is 1.21 bits per heavy atom. The van der Waals surface area contributed by atoms with Crippen LogP contribution in [-0.4, -0.2) is 0 Å². The number of nitrogens with two attached hydrogens (primary N) is 1. The Labute approximate surface area is 117 Å². The third-order valence-electron chi connectivity index (χ3n) is 2.83. The lowest BCUT2D eigenvalue weighted by molar-refractivity contribution is 0.305. The molecule has 0 saturated heterocycles. The van der Waals surface area contributed by atoms with Crippen molar-refractivity contribution in [2.45, 2.75) is 19.6 Å². The molecule has 0 aliphatic carbocycles. The predicted octanol–water partition coefficient (Wildman–Crippen LogP) is 4.08. The fourth-order valence-corrected chi connectivity index (χ4v) is 1.87. The van der Waals surface area contributed by atoms with Crippen LogP contribution in [0.15, 0.2) is 42.5 Å². The van der Waals surface area contributed by atoms with Crippen molar-refractivity contribution in [1.29, 1.82) is 0 Å². The Balaban J connectivity index is 2.04. The monoisotopic (exact) mass is 279 g/mol. The topological polar surface area (TPSA) is 35.2 Å². The van der Waals surface area contributed by atoms with E-state index in [2.05, 4.69) is 0 Å². The molecule has 0 heterocycles. The number of ether oxygens (including phenoxy) is 1. The molecule has 0 aliphatic rings. The summed E-state index contributed by atoms with van der Waals surface area (Å²) in [6.07, 6.45) is 0. The Kier molecular flexibility index (Phi) is 4.40. The molecule has 0 saturated carbocycles. The van der Waals surface area contributed by atoms with Gasteiger partial charge in [0.05, 0.1) is 5.02 Å². The van der Waals surface area contributed by atoms with Gasteiger partial charge in [0.25, 0.3) is 0 Å². The van der Waals surface area contributed by atoms with Gasteiger partial charge in [0, 0.05) is 11.6 Å². The lowest BCUT2D eigenvalue weighted by Crippen LogP contribution is -2.04. The maximum absolute atomic E-state index is 13.2. The highest BCUT2D eigenvalue weighted by Gasteiger charge is 2.06. The molecular weight excluding hydrogens is 265 g/mol. The van der Waals surface area contributed by atoms with Crippen LogP contribution in [0.3, 0.4) is 0 Å². The maximum atomic E-state index is 13.2. The fraction of sp³-hybridized carbons (Fsp3) is 0.200. The van der Waals surface area contributed by atoms with Gasteiger partial charge < -0.3 is 10.5 Å². The summed E-state index contributed by atoms with van der Waals surface area (Å²) in [6.45, 7) is 2.15. The molecule has 0 unspecified atom stereocenters. The molecule has 19 heavy (non-hydrogen) atoms. The number of halogens is 2. The normalized spacial score (nSPS) is 12.2. The zero-order chi connectivity index (χ0) is 13.8. The number of rotatable bonds is 4. The summed E-state index contributed by atoms with van der Waals surface area (Å²) in [7, 11) is 0. The minimum Gasteiger partial charge on any atom is -0.489 e. The van der Waals surface area contributed by atoms with Gasteiger partial charge in [-0.3, -0.25) is 0 Å². The van der Waals surface area contributed by atoms with Crippen molar-refractivity contribution >= 4 is 11.6 Å². The van der Waals surface area contributed by atoms with Gasteiger partial charge in [-0.25, -0.2) is 4.39 Å². The molecule has 4 heteroatoms. The molecule has 100 valence electrons. The second-order valence-corrected chi connectivity index (χ2v) is 4.74. The van der Waals surface area contributed by atoms with E-state index in [0.29, 0.717) is 11.3 Å². The third-order valence-corrected chi connectivity index (χ3v) is 3.26. The van der Waals surface area contributed by atoms with Gasteiger partial charge in [-0.1, -0.05) is 35.9 Å². The zero-order valence-electron chi connectivity index (χ0n) is 10.6. The van der Waals surface area contributed by atoms with Gasteiger partial charge in [-0.15, -0.1) is 0 Å².